The van der Waals surface area contributed by atoms with Gasteiger partial charge in [0.05, 0.1) is 17.3 Å². The van der Waals surface area contributed by atoms with Gasteiger partial charge in [-0.15, -0.1) is 0 Å². The van der Waals surface area contributed by atoms with Gasteiger partial charge in [0.15, 0.2) is 0 Å². The van der Waals surface area contributed by atoms with E-state index in [1.807, 2.05) is 10.8 Å². The monoisotopic (exact) mass is 479 g/mol. The summed E-state index contributed by atoms with van der Waals surface area (Å²) in [7, 11) is -3.25. The van der Waals surface area contributed by atoms with Crippen molar-refractivity contribution in [3.8, 4) is 16.9 Å². The zero-order chi connectivity index (χ0) is 23.5. The Kier molecular flexibility index (Phi) is 5.19. The minimum absolute atomic E-state index is 0.257. The van der Waals surface area contributed by atoms with Crippen molar-refractivity contribution in [1.29, 1.82) is 0 Å². The van der Waals surface area contributed by atoms with E-state index in [0.29, 0.717) is 11.8 Å². The fourth-order valence-corrected chi connectivity index (χ4v) is 8.86. The summed E-state index contributed by atoms with van der Waals surface area (Å²) in [5.41, 5.74) is 5.17. The van der Waals surface area contributed by atoms with Gasteiger partial charge in [-0.1, -0.05) is 25.5 Å². The molecule has 2 bridgehead atoms. The summed E-state index contributed by atoms with van der Waals surface area (Å²) in [5, 5.41) is -0.257. The molecule has 2 fully saturated rings. The zero-order valence-electron chi connectivity index (χ0n) is 19.4. The van der Waals surface area contributed by atoms with Crippen molar-refractivity contribution >= 4 is 10.0 Å². The molecule has 1 unspecified atom stereocenters. The predicted octanol–water partition coefficient (Wildman–Crippen LogP) is 5.03. The summed E-state index contributed by atoms with van der Waals surface area (Å²) in [6.45, 7) is 2.07. The van der Waals surface area contributed by atoms with Crippen LogP contribution in [-0.4, -0.2) is 28.8 Å². The van der Waals surface area contributed by atoms with Crippen LogP contribution in [0, 0.1) is 17.7 Å². The Hall–Kier alpha value is -2.51. The lowest BCUT2D eigenvalue weighted by Crippen LogP contribution is -2.50. The van der Waals surface area contributed by atoms with Crippen molar-refractivity contribution in [2.24, 2.45) is 11.8 Å². The first-order valence-electron chi connectivity index (χ1n) is 12.3. The molecule has 1 N–H and O–H groups in total. The number of nitrogens with zero attached hydrogens (tertiary/aromatic N) is 2. The van der Waals surface area contributed by atoms with E-state index in [-0.39, 0.29) is 16.6 Å². The quantitative estimate of drug-likeness (QED) is 0.571. The van der Waals surface area contributed by atoms with Gasteiger partial charge in [-0.2, -0.15) is 0 Å². The van der Waals surface area contributed by atoms with Crippen molar-refractivity contribution in [2.45, 2.75) is 62.7 Å². The number of halogens is 1. The third-order valence-electron chi connectivity index (χ3n) is 8.41. The van der Waals surface area contributed by atoms with Crippen LogP contribution in [0.2, 0.25) is 0 Å². The van der Waals surface area contributed by atoms with Gasteiger partial charge in [-0.05, 0) is 91.8 Å². The van der Waals surface area contributed by atoms with Gasteiger partial charge in [-0.3, -0.25) is 0 Å². The first-order valence-corrected chi connectivity index (χ1v) is 13.9. The van der Waals surface area contributed by atoms with Crippen molar-refractivity contribution in [2.75, 3.05) is 0 Å². The Morgan fingerprint density at radius 1 is 1.09 bits per heavy atom. The maximum Gasteiger partial charge on any atom is 0.215 e. The third kappa shape index (κ3) is 3.52. The molecule has 34 heavy (non-hydrogen) atoms. The van der Waals surface area contributed by atoms with E-state index in [0.717, 1.165) is 61.9 Å². The lowest BCUT2D eigenvalue weighted by atomic mass is 9.76. The van der Waals surface area contributed by atoms with Crippen LogP contribution in [0.25, 0.3) is 16.9 Å². The molecule has 0 radical (unpaired) electrons. The predicted molar refractivity (Wildman–Crippen MR) is 131 cm³/mol. The number of hydrogen-bond acceptors (Lipinski definition) is 3. The molecule has 1 saturated carbocycles. The van der Waals surface area contributed by atoms with Gasteiger partial charge in [-0.25, -0.2) is 22.5 Å². The molecule has 1 spiro atoms. The van der Waals surface area contributed by atoms with Crippen LogP contribution in [0.1, 0.15) is 50.2 Å². The summed E-state index contributed by atoms with van der Waals surface area (Å²) in [6.07, 6.45) is 10.1. The van der Waals surface area contributed by atoms with Crippen LogP contribution in [0.4, 0.5) is 4.39 Å². The van der Waals surface area contributed by atoms with Gasteiger partial charge in [0.25, 0.3) is 0 Å². The highest BCUT2D eigenvalue weighted by atomic mass is 32.2. The van der Waals surface area contributed by atoms with Crippen LogP contribution in [0.5, 0.6) is 0 Å². The van der Waals surface area contributed by atoms with Crippen molar-refractivity contribution in [3.63, 3.8) is 0 Å². The van der Waals surface area contributed by atoms with Gasteiger partial charge in [0.2, 0.25) is 10.0 Å². The van der Waals surface area contributed by atoms with Crippen LogP contribution >= 0.6 is 0 Å². The molecular weight excluding hydrogens is 449 g/mol. The summed E-state index contributed by atoms with van der Waals surface area (Å²) in [5.74, 6) is 0.439. The molecule has 3 aliphatic rings. The molecule has 7 heteroatoms. The molecule has 2 aliphatic carbocycles. The van der Waals surface area contributed by atoms with Crippen LogP contribution < -0.4 is 4.72 Å². The average molecular weight is 480 g/mol. The lowest BCUT2D eigenvalue weighted by Gasteiger charge is -2.34. The second-order valence-electron chi connectivity index (χ2n) is 10.3. The molecule has 0 amide bonds. The molecular formula is C27H30FN3O2S. The zero-order valence-corrected chi connectivity index (χ0v) is 20.2. The second kappa shape index (κ2) is 8.02. The summed E-state index contributed by atoms with van der Waals surface area (Å²) < 4.78 is 44.3. The van der Waals surface area contributed by atoms with E-state index in [4.69, 9.17) is 0 Å². The average Bonchev–Trinajstić information content (AvgIpc) is 3.45. The normalized spacial score (nSPS) is 29.3. The molecule has 4 atom stereocenters. The summed E-state index contributed by atoms with van der Waals surface area (Å²) >= 11 is 0. The Morgan fingerprint density at radius 2 is 1.82 bits per heavy atom. The number of fused-ring (bicyclic) bond motifs is 1. The minimum atomic E-state index is -3.25. The molecule has 178 valence electrons. The topological polar surface area (TPSA) is 64.0 Å². The van der Waals surface area contributed by atoms with Crippen LogP contribution in [-0.2, 0) is 22.9 Å². The van der Waals surface area contributed by atoms with Crippen molar-refractivity contribution < 1.29 is 12.8 Å². The maximum atomic E-state index is 13.3. The first-order chi connectivity index (χ1) is 16.4. The molecule has 1 saturated heterocycles. The summed E-state index contributed by atoms with van der Waals surface area (Å²) in [4.78, 5) is 4.60. The van der Waals surface area contributed by atoms with Crippen molar-refractivity contribution in [1.82, 2.24) is 14.3 Å². The molecule has 2 aromatic carbocycles. The maximum absolute atomic E-state index is 13.3. The third-order valence-corrected chi connectivity index (χ3v) is 10.4. The molecule has 3 aromatic rings. The van der Waals surface area contributed by atoms with Gasteiger partial charge < -0.3 is 4.57 Å². The molecule has 2 heterocycles. The van der Waals surface area contributed by atoms with E-state index in [9.17, 15) is 12.8 Å². The van der Waals surface area contributed by atoms with Crippen LogP contribution in [0.15, 0.2) is 55.0 Å². The fraction of sp³-hybridized carbons (Fsp3) is 0.444. The Balaban J connectivity index is 1.30. The smallest absolute Gasteiger partial charge is 0.215 e. The lowest BCUT2D eigenvalue weighted by molar-refractivity contribution is 0.223. The highest BCUT2D eigenvalue weighted by Gasteiger charge is 2.59. The molecule has 5 nitrogen and oxygen atoms in total. The van der Waals surface area contributed by atoms with E-state index in [2.05, 4.69) is 34.8 Å². The van der Waals surface area contributed by atoms with E-state index >= 15 is 0 Å². The number of nitrogens with one attached hydrogen (secondary N) is 1. The number of rotatable bonds is 4. The highest BCUT2D eigenvalue weighted by molar-refractivity contribution is 7.90. The Labute approximate surface area is 200 Å². The number of hydrogen-bond donors (Lipinski definition) is 1. The molecule has 1 aromatic heterocycles. The highest BCUT2D eigenvalue weighted by Crippen LogP contribution is 2.53. The summed E-state index contributed by atoms with van der Waals surface area (Å²) in [6, 6.07) is 13.0. The number of sulfonamides is 1. The van der Waals surface area contributed by atoms with E-state index in [1.54, 1.807) is 18.5 Å². The molecule has 1 aliphatic heterocycles. The van der Waals surface area contributed by atoms with Crippen molar-refractivity contribution in [3.05, 3.63) is 71.9 Å². The van der Waals surface area contributed by atoms with Crippen LogP contribution in [0.3, 0.4) is 0 Å². The van der Waals surface area contributed by atoms with Gasteiger partial charge >= 0.3 is 0 Å². The molecule has 6 rings (SSSR count). The number of imidazole rings is 1. The number of aromatic nitrogens is 2. The fourth-order valence-electron chi connectivity index (χ4n) is 6.71. The van der Waals surface area contributed by atoms with Gasteiger partial charge in [0.1, 0.15) is 5.82 Å². The number of benzene rings is 2. The Bertz CT molecular complexity index is 1330. The van der Waals surface area contributed by atoms with E-state index < -0.39 is 10.0 Å². The Morgan fingerprint density at radius 3 is 2.56 bits per heavy atom. The van der Waals surface area contributed by atoms with E-state index in [1.165, 1.54) is 23.3 Å². The SMILES string of the molecule is CCCC1C[C@@]2(NS1(=O)=O)[C@@H]1CC[C@H]2Cc2cc(-c3cn(-c4ccc(F)cc4)cn3)ccc2C1. The largest absolute Gasteiger partial charge is 0.306 e. The minimum Gasteiger partial charge on any atom is -0.306 e. The first kappa shape index (κ1) is 22.0. The van der Waals surface area contributed by atoms with Gasteiger partial charge in [0, 0.05) is 23.0 Å². The second-order valence-corrected chi connectivity index (χ2v) is 12.3. The standard InChI is InChI=1S/C27H30FN3O2S/c1-2-3-25-15-27(30-34(25,32)33)21-6-7-22(27)14-20-12-19(5-4-18(20)13-21)26-16-31(17-29-26)24-10-8-23(28)9-11-24/h4-5,8-12,16-17,21-22,25,30H,2-3,6-7,13-15H2,1H3/t21-,22+,25?,27-/m1/s1.